The molecular formula is C20H29ClN4O4. The minimum absolute atomic E-state index is 0.117. The second-order valence-corrected chi connectivity index (χ2v) is 8.16. The number of hydrogen-bond donors (Lipinski definition) is 1. The first-order chi connectivity index (χ1) is 13.7. The number of anilines is 1. The molecule has 2 heterocycles. The zero-order valence-corrected chi connectivity index (χ0v) is 18.4. The van der Waals surface area contributed by atoms with Crippen molar-refractivity contribution in [3.8, 4) is 0 Å². The number of esters is 1. The number of rotatable bonds is 9. The fourth-order valence-electron chi connectivity index (χ4n) is 3.00. The van der Waals surface area contributed by atoms with Gasteiger partial charge in [0.1, 0.15) is 16.3 Å². The maximum absolute atomic E-state index is 13.2. The Hall–Kier alpha value is -2.19. The van der Waals surface area contributed by atoms with Crippen LogP contribution in [-0.4, -0.2) is 46.4 Å². The van der Waals surface area contributed by atoms with Gasteiger partial charge >= 0.3 is 5.97 Å². The molecule has 2 aromatic heterocycles. The highest BCUT2D eigenvalue weighted by atomic mass is 35.5. The third-order valence-electron chi connectivity index (χ3n) is 4.09. The topological polar surface area (TPSA) is 95.3 Å². The van der Waals surface area contributed by atoms with Crippen LogP contribution in [0.5, 0.6) is 0 Å². The number of nitrogens with zero attached hydrogens (tertiary/aromatic N) is 3. The molecular weight excluding hydrogens is 396 g/mol. The zero-order valence-electron chi connectivity index (χ0n) is 17.6. The van der Waals surface area contributed by atoms with Gasteiger partial charge in [0, 0.05) is 13.7 Å². The Labute approximate surface area is 175 Å². The zero-order chi connectivity index (χ0) is 21.6. The van der Waals surface area contributed by atoms with Gasteiger partial charge in [0.05, 0.1) is 19.1 Å². The first-order valence-corrected chi connectivity index (χ1v) is 10.1. The fraction of sp³-hybridized carbons (Fsp3) is 0.600. The van der Waals surface area contributed by atoms with Crippen molar-refractivity contribution in [1.29, 1.82) is 0 Å². The number of halogens is 1. The molecule has 8 nitrogen and oxygen atoms in total. The van der Waals surface area contributed by atoms with Gasteiger partial charge in [0.15, 0.2) is 11.5 Å². The Morgan fingerprint density at radius 2 is 2.03 bits per heavy atom. The van der Waals surface area contributed by atoms with E-state index < -0.39 is 5.60 Å². The number of hydrogen-bond acceptors (Lipinski definition) is 7. The monoisotopic (exact) mass is 424 g/mol. The van der Waals surface area contributed by atoms with E-state index in [0.717, 1.165) is 12.8 Å². The van der Waals surface area contributed by atoms with E-state index in [0.29, 0.717) is 17.8 Å². The van der Waals surface area contributed by atoms with Crippen molar-refractivity contribution >= 4 is 34.6 Å². The Balaban J connectivity index is 2.36. The van der Waals surface area contributed by atoms with Gasteiger partial charge in [-0.1, -0.05) is 24.9 Å². The number of fused-ring (bicyclic) bond motifs is 1. The lowest BCUT2D eigenvalue weighted by Crippen LogP contribution is -2.32. The van der Waals surface area contributed by atoms with Crippen molar-refractivity contribution < 1.29 is 14.3 Å². The molecule has 0 amide bonds. The normalized spacial score (nSPS) is 12.8. The van der Waals surface area contributed by atoms with E-state index >= 15 is 0 Å². The predicted molar refractivity (Wildman–Crippen MR) is 114 cm³/mol. The summed E-state index contributed by atoms with van der Waals surface area (Å²) in [7, 11) is 1.59. The molecule has 0 unspecified atom stereocenters. The van der Waals surface area contributed by atoms with Crippen molar-refractivity contribution in [2.24, 2.45) is 0 Å². The van der Waals surface area contributed by atoms with E-state index in [1.54, 1.807) is 23.8 Å². The van der Waals surface area contributed by atoms with Gasteiger partial charge in [-0.15, -0.1) is 0 Å². The summed E-state index contributed by atoms with van der Waals surface area (Å²) in [5.74, 6) is -0.190. The highest BCUT2D eigenvalue weighted by Gasteiger charge is 2.20. The van der Waals surface area contributed by atoms with Crippen LogP contribution in [0.2, 0.25) is 5.15 Å². The van der Waals surface area contributed by atoms with Crippen LogP contribution in [0.15, 0.2) is 16.9 Å². The number of pyridine rings is 1. The SMILES string of the molecule is CCC[C@H](COC)n1c(=O)c(NCCC(=O)OC(C)(C)C)nc2ccc(Cl)nc21. The van der Waals surface area contributed by atoms with Crippen LogP contribution in [0.4, 0.5) is 5.82 Å². The standard InChI is InChI=1S/C20H29ClN4O4/c1-6-7-13(12-28-5)25-18-14(8-9-15(21)24-18)23-17(19(25)27)22-11-10-16(26)29-20(2,3)4/h8-9,13H,6-7,10-12H2,1-5H3,(H,22,23)/t13-/m1/s1. The second kappa shape index (κ2) is 10.0. The van der Waals surface area contributed by atoms with Crippen LogP contribution in [0.1, 0.15) is 53.0 Å². The average Bonchev–Trinajstić information content (AvgIpc) is 2.61. The highest BCUT2D eigenvalue weighted by molar-refractivity contribution is 6.29. The average molecular weight is 425 g/mol. The molecule has 2 rings (SSSR count). The van der Waals surface area contributed by atoms with Gasteiger partial charge < -0.3 is 14.8 Å². The van der Waals surface area contributed by atoms with Crippen LogP contribution in [0, 0.1) is 0 Å². The van der Waals surface area contributed by atoms with E-state index in [1.807, 2.05) is 27.7 Å². The van der Waals surface area contributed by atoms with Crippen LogP contribution in [0.3, 0.4) is 0 Å². The summed E-state index contributed by atoms with van der Waals surface area (Å²) in [6.45, 7) is 8.05. The van der Waals surface area contributed by atoms with Gasteiger partial charge in [0.25, 0.3) is 5.56 Å². The predicted octanol–water partition coefficient (Wildman–Crippen LogP) is 3.58. The Bertz CT molecular complexity index is 902. The van der Waals surface area contributed by atoms with Crippen LogP contribution >= 0.6 is 11.6 Å². The van der Waals surface area contributed by atoms with Crippen molar-refractivity contribution in [2.45, 2.75) is 58.6 Å². The molecule has 0 radical (unpaired) electrons. The van der Waals surface area contributed by atoms with E-state index in [4.69, 9.17) is 21.1 Å². The minimum Gasteiger partial charge on any atom is -0.460 e. The van der Waals surface area contributed by atoms with Crippen LogP contribution in [0.25, 0.3) is 11.2 Å². The van der Waals surface area contributed by atoms with E-state index in [9.17, 15) is 9.59 Å². The Morgan fingerprint density at radius 3 is 2.66 bits per heavy atom. The largest absolute Gasteiger partial charge is 0.460 e. The Morgan fingerprint density at radius 1 is 1.31 bits per heavy atom. The van der Waals surface area contributed by atoms with Crippen molar-refractivity contribution in [3.63, 3.8) is 0 Å². The molecule has 0 saturated carbocycles. The van der Waals surface area contributed by atoms with Gasteiger partial charge in [-0.2, -0.15) is 0 Å². The fourth-order valence-corrected chi connectivity index (χ4v) is 3.15. The van der Waals surface area contributed by atoms with E-state index in [2.05, 4.69) is 15.3 Å². The number of methoxy groups -OCH3 is 1. The smallest absolute Gasteiger partial charge is 0.308 e. The molecule has 0 bridgehead atoms. The molecule has 0 aliphatic rings. The van der Waals surface area contributed by atoms with Gasteiger partial charge in [-0.05, 0) is 39.3 Å². The maximum Gasteiger partial charge on any atom is 0.308 e. The van der Waals surface area contributed by atoms with E-state index in [1.165, 1.54) is 0 Å². The van der Waals surface area contributed by atoms with Gasteiger partial charge in [-0.25, -0.2) is 9.97 Å². The van der Waals surface area contributed by atoms with Crippen LogP contribution in [-0.2, 0) is 14.3 Å². The Kier molecular flexibility index (Phi) is 7.98. The molecule has 0 spiro atoms. The summed E-state index contributed by atoms with van der Waals surface area (Å²) in [5.41, 5.74) is 0.0670. The lowest BCUT2D eigenvalue weighted by Gasteiger charge is -2.21. The summed E-state index contributed by atoms with van der Waals surface area (Å²) in [5, 5.41) is 3.25. The summed E-state index contributed by atoms with van der Waals surface area (Å²) < 4.78 is 12.2. The third kappa shape index (κ3) is 6.40. The second-order valence-electron chi connectivity index (χ2n) is 7.77. The molecule has 160 valence electrons. The highest BCUT2D eigenvalue weighted by Crippen LogP contribution is 2.21. The van der Waals surface area contributed by atoms with E-state index in [-0.39, 0.29) is 41.5 Å². The van der Waals surface area contributed by atoms with Crippen molar-refractivity contribution in [3.05, 3.63) is 27.6 Å². The van der Waals surface area contributed by atoms with Crippen LogP contribution < -0.4 is 10.9 Å². The number of nitrogens with one attached hydrogen (secondary N) is 1. The van der Waals surface area contributed by atoms with Gasteiger partial charge in [-0.3, -0.25) is 14.2 Å². The number of aromatic nitrogens is 3. The summed E-state index contributed by atoms with van der Waals surface area (Å²) in [6, 6.07) is 3.14. The van der Waals surface area contributed by atoms with Crippen molar-refractivity contribution in [1.82, 2.24) is 14.5 Å². The van der Waals surface area contributed by atoms with Crippen molar-refractivity contribution in [2.75, 3.05) is 25.6 Å². The molecule has 2 aromatic rings. The lowest BCUT2D eigenvalue weighted by molar-refractivity contribution is -0.154. The summed E-state index contributed by atoms with van der Waals surface area (Å²) in [4.78, 5) is 33.8. The van der Waals surface area contributed by atoms with Gasteiger partial charge in [0.2, 0.25) is 0 Å². The number of ether oxygens (including phenoxy) is 2. The summed E-state index contributed by atoms with van der Waals surface area (Å²) in [6.07, 6.45) is 1.72. The maximum atomic E-state index is 13.2. The molecule has 0 aromatic carbocycles. The molecule has 1 N–H and O–H groups in total. The molecule has 0 aliphatic carbocycles. The summed E-state index contributed by atoms with van der Waals surface area (Å²) >= 11 is 6.06. The minimum atomic E-state index is -0.552. The molecule has 29 heavy (non-hydrogen) atoms. The number of carbonyl (C=O) groups is 1. The first-order valence-electron chi connectivity index (χ1n) is 9.69. The molecule has 0 saturated heterocycles. The molecule has 0 aliphatic heterocycles. The number of carbonyl (C=O) groups excluding carboxylic acids is 1. The molecule has 9 heteroatoms. The quantitative estimate of drug-likeness (QED) is 0.485. The molecule has 1 atom stereocenters. The first kappa shape index (κ1) is 23.1. The lowest BCUT2D eigenvalue weighted by atomic mass is 10.1. The third-order valence-corrected chi connectivity index (χ3v) is 4.30. The molecule has 0 fully saturated rings.